The summed E-state index contributed by atoms with van der Waals surface area (Å²) in [4.78, 5) is 14.8. The van der Waals surface area contributed by atoms with Crippen molar-refractivity contribution in [3.63, 3.8) is 0 Å². The van der Waals surface area contributed by atoms with Gasteiger partial charge in [0.2, 0.25) is 5.91 Å². The zero-order chi connectivity index (χ0) is 15.9. The Morgan fingerprint density at radius 1 is 1.21 bits per heavy atom. The van der Waals surface area contributed by atoms with Crippen molar-refractivity contribution in [3.05, 3.63) is 0 Å². The van der Waals surface area contributed by atoms with Crippen LogP contribution in [0, 0.1) is 17.8 Å². The van der Waals surface area contributed by atoms with Crippen molar-refractivity contribution >= 4 is 30.7 Å². The third kappa shape index (κ3) is 8.37. The van der Waals surface area contributed by atoms with Crippen LogP contribution in [0.15, 0.2) is 0 Å². The summed E-state index contributed by atoms with van der Waals surface area (Å²) >= 11 is 0. The predicted octanol–water partition coefficient (Wildman–Crippen LogP) is 3.09. The molecule has 6 heteroatoms. The predicted molar refractivity (Wildman–Crippen MR) is 106 cm³/mol. The van der Waals surface area contributed by atoms with Crippen LogP contribution in [-0.2, 0) is 4.79 Å². The Kier molecular flexibility index (Phi) is 12.3. The molecule has 2 N–H and O–H groups in total. The lowest BCUT2D eigenvalue weighted by molar-refractivity contribution is -0.123. The van der Waals surface area contributed by atoms with Gasteiger partial charge in [0, 0.05) is 25.6 Å². The highest BCUT2D eigenvalue weighted by molar-refractivity contribution is 5.85. The molecule has 0 radical (unpaired) electrons. The van der Waals surface area contributed by atoms with Gasteiger partial charge in [-0.25, -0.2) is 0 Å². The second-order valence-electron chi connectivity index (χ2n) is 7.74. The number of piperidine rings is 2. The van der Waals surface area contributed by atoms with Gasteiger partial charge in [-0.3, -0.25) is 4.79 Å². The average molecular weight is 382 g/mol. The smallest absolute Gasteiger partial charge is 0.220 e. The van der Waals surface area contributed by atoms with Crippen molar-refractivity contribution < 1.29 is 4.79 Å². The van der Waals surface area contributed by atoms with Gasteiger partial charge in [0.15, 0.2) is 0 Å². The van der Waals surface area contributed by atoms with E-state index < -0.39 is 0 Å². The van der Waals surface area contributed by atoms with E-state index in [1.54, 1.807) is 0 Å². The number of rotatable bonds is 6. The van der Waals surface area contributed by atoms with E-state index >= 15 is 0 Å². The molecule has 2 fully saturated rings. The number of carbonyl (C=O) groups is 1. The number of nitrogens with one attached hydrogen (secondary N) is 2. The summed E-state index contributed by atoms with van der Waals surface area (Å²) in [6, 6.07) is 0.262. The average Bonchev–Trinajstić information content (AvgIpc) is 2.47. The Morgan fingerprint density at radius 2 is 1.88 bits per heavy atom. The number of amides is 1. The van der Waals surface area contributed by atoms with Gasteiger partial charge in [-0.1, -0.05) is 13.8 Å². The number of likely N-dealkylation sites (tertiary alicyclic amines) is 1. The highest BCUT2D eigenvalue weighted by atomic mass is 35.5. The second kappa shape index (κ2) is 12.3. The van der Waals surface area contributed by atoms with E-state index in [2.05, 4.69) is 36.3 Å². The molecule has 2 heterocycles. The molecule has 2 aliphatic heterocycles. The molecular weight excluding hydrogens is 345 g/mol. The quantitative estimate of drug-likeness (QED) is 0.742. The first kappa shape index (κ1) is 24.0. The van der Waals surface area contributed by atoms with Crippen LogP contribution in [0.2, 0.25) is 0 Å². The summed E-state index contributed by atoms with van der Waals surface area (Å²) in [6.07, 6.45) is 5.77. The lowest BCUT2D eigenvalue weighted by Crippen LogP contribution is -2.45. The van der Waals surface area contributed by atoms with Crippen LogP contribution in [0.1, 0.15) is 52.9 Å². The first-order valence-corrected chi connectivity index (χ1v) is 9.27. The molecule has 3 unspecified atom stereocenters. The fourth-order valence-electron chi connectivity index (χ4n) is 4.09. The van der Waals surface area contributed by atoms with Gasteiger partial charge < -0.3 is 15.5 Å². The Morgan fingerprint density at radius 3 is 2.50 bits per heavy atom. The maximum atomic E-state index is 12.3. The van der Waals surface area contributed by atoms with E-state index in [1.165, 1.54) is 38.8 Å². The SMILES string of the molecule is CC1CCCN(CC(C)NC(=O)CC(C)C2CCNCC2)C1.Cl.Cl. The van der Waals surface area contributed by atoms with Gasteiger partial charge >= 0.3 is 0 Å². The monoisotopic (exact) mass is 381 g/mol. The minimum Gasteiger partial charge on any atom is -0.352 e. The van der Waals surface area contributed by atoms with Crippen LogP contribution in [0.5, 0.6) is 0 Å². The van der Waals surface area contributed by atoms with Crippen molar-refractivity contribution in [2.75, 3.05) is 32.7 Å². The zero-order valence-corrected chi connectivity index (χ0v) is 17.2. The Bertz CT molecular complexity index is 351. The van der Waals surface area contributed by atoms with E-state index in [-0.39, 0.29) is 36.8 Å². The molecule has 0 saturated carbocycles. The van der Waals surface area contributed by atoms with Gasteiger partial charge in [0.25, 0.3) is 0 Å². The van der Waals surface area contributed by atoms with Crippen LogP contribution in [-0.4, -0.2) is 49.6 Å². The maximum absolute atomic E-state index is 12.3. The fraction of sp³-hybridized carbons (Fsp3) is 0.944. The molecule has 1 amide bonds. The molecule has 0 bridgehead atoms. The van der Waals surface area contributed by atoms with E-state index in [4.69, 9.17) is 0 Å². The summed E-state index contributed by atoms with van der Waals surface area (Å²) < 4.78 is 0. The Balaban J connectivity index is 0.00000264. The van der Waals surface area contributed by atoms with Crippen molar-refractivity contribution in [2.24, 2.45) is 17.8 Å². The fourth-order valence-corrected chi connectivity index (χ4v) is 4.09. The molecular formula is C18H37Cl2N3O. The lowest BCUT2D eigenvalue weighted by Gasteiger charge is -2.33. The number of halogens is 2. The molecule has 4 nitrogen and oxygen atoms in total. The van der Waals surface area contributed by atoms with Crippen LogP contribution in [0.3, 0.4) is 0 Å². The Hall–Kier alpha value is -0.0300. The topological polar surface area (TPSA) is 44.4 Å². The van der Waals surface area contributed by atoms with Crippen molar-refractivity contribution in [1.29, 1.82) is 0 Å². The maximum Gasteiger partial charge on any atom is 0.220 e. The number of carbonyl (C=O) groups excluding carboxylic acids is 1. The van der Waals surface area contributed by atoms with Gasteiger partial charge in [0.1, 0.15) is 0 Å². The van der Waals surface area contributed by atoms with Crippen LogP contribution in [0.4, 0.5) is 0 Å². The van der Waals surface area contributed by atoms with E-state index in [0.29, 0.717) is 18.3 Å². The third-order valence-electron chi connectivity index (χ3n) is 5.38. The molecule has 0 aromatic heterocycles. The normalized spacial score (nSPS) is 25.0. The standard InChI is InChI=1S/C18H35N3O.2ClH/c1-14-5-4-10-21(12-14)13-16(3)20-18(22)11-15(2)17-6-8-19-9-7-17;;/h14-17,19H,4-13H2,1-3H3,(H,20,22);2*1H. The van der Waals surface area contributed by atoms with Crippen LogP contribution >= 0.6 is 24.8 Å². The highest BCUT2D eigenvalue weighted by Gasteiger charge is 2.23. The van der Waals surface area contributed by atoms with Gasteiger partial charge in [0.05, 0.1) is 0 Å². The summed E-state index contributed by atoms with van der Waals surface area (Å²) in [7, 11) is 0. The minimum atomic E-state index is 0. The van der Waals surface area contributed by atoms with Gasteiger partial charge in [-0.2, -0.15) is 0 Å². The van der Waals surface area contributed by atoms with Crippen molar-refractivity contribution in [2.45, 2.75) is 58.9 Å². The van der Waals surface area contributed by atoms with E-state index in [1.807, 2.05) is 0 Å². The third-order valence-corrected chi connectivity index (χ3v) is 5.38. The molecule has 2 aliphatic rings. The molecule has 0 aromatic carbocycles. The van der Waals surface area contributed by atoms with Gasteiger partial charge in [-0.05, 0) is 70.0 Å². The first-order valence-electron chi connectivity index (χ1n) is 9.27. The number of hydrogen-bond donors (Lipinski definition) is 2. The largest absolute Gasteiger partial charge is 0.352 e. The van der Waals surface area contributed by atoms with Gasteiger partial charge in [-0.15, -0.1) is 24.8 Å². The molecule has 0 aromatic rings. The zero-order valence-electron chi connectivity index (χ0n) is 15.6. The Labute approximate surface area is 160 Å². The lowest BCUT2D eigenvalue weighted by atomic mass is 9.84. The highest BCUT2D eigenvalue weighted by Crippen LogP contribution is 2.24. The summed E-state index contributed by atoms with van der Waals surface area (Å²) in [5.74, 6) is 2.26. The van der Waals surface area contributed by atoms with Crippen LogP contribution in [0.25, 0.3) is 0 Å². The first-order chi connectivity index (χ1) is 10.5. The molecule has 0 spiro atoms. The molecule has 2 rings (SSSR count). The van der Waals surface area contributed by atoms with Crippen molar-refractivity contribution in [3.8, 4) is 0 Å². The number of hydrogen-bond acceptors (Lipinski definition) is 3. The summed E-state index contributed by atoms with van der Waals surface area (Å²) in [5, 5.41) is 6.61. The summed E-state index contributed by atoms with van der Waals surface area (Å²) in [5.41, 5.74) is 0. The number of nitrogens with zero attached hydrogens (tertiary/aromatic N) is 1. The summed E-state index contributed by atoms with van der Waals surface area (Å²) in [6.45, 7) is 12.3. The molecule has 0 aliphatic carbocycles. The van der Waals surface area contributed by atoms with Crippen LogP contribution < -0.4 is 10.6 Å². The van der Waals surface area contributed by atoms with E-state index in [0.717, 1.165) is 25.6 Å². The molecule has 24 heavy (non-hydrogen) atoms. The minimum absolute atomic E-state index is 0. The molecule has 3 atom stereocenters. The second-order valence-corrected chi connectivity index (χ2v) is 7.74. The van der Waals surface area contributed by atoms with E-state index in [9.17, 15) is 4.79 Å². The molecule has 144 valence electrons. The molecule has 2 saturated heterocycles. The van der Waals surface area contributed by atoms with Crippen molar-refractivity contribution in [1.82, 2.24) is 15.5 Å².